The summed E-state index contributed by atoms with van der Waals surface area (Å²) < 4.78 is 1.56. The third-order valence-electron chi connectivity index (χ3n) is 5.84. The number of nitrogens with two attached hydrogens (primary N) is 1. The molecule has 32 heavy (non-hydrogen) atoms. The van der Waals surface area contributed by atoms with Crippen LogP contribution in [0.25, 0.3) is 17.1 Å². The number of nitrogens with zero attached hydrogens (tertiary/aromatic N) is 4. The summed E-state index contributed by atoms with van der Waals surface area (Å²) >= 11 is 0. The molecule has 1 aliphatic carbocycles. The van der Waals surface area contributed by atoms with Crippen molar-refractivity contribution in [3.8, 4) is 28.6 Å². The number of carbonyl (C=O) groups excluding carboxylic acids is 1. The summed E-state index contributed by atoms with van der Waals surface area (Å²) in [5.74, 6) is 0.208. The molecule has 1 fully saturated rings. The number of hydrogen-bond acceptors (Lipinski definition) is 7. The van der Waals surface area contributed by atoms with Crippen LogP contribution >= 0.6 is 0 Å². The number of amides is 1. The van der Waals surface area contributed by atoms with Crippen molar-refractivity contribution in [2.75, 3.05) is 5.73 Å². The second-order valence-electron chi connectivity index (χ2n) is 8.52. The molecule has 2 heterocycles. The highest BCUT2D eigenvalue weighted by Crippen LogP contribution is 2.38. The van der Waals surface area contributed by atoms with E-state index < -0.39 is 0 Å². The Morgan fingerprint density at radius 2 is 1.88 bits per heavy atom. The number of hydrogen-bond donors (Lipinski definition) is 4. The lowest BCUT2D eigenvalue weighted by Gasteiger charge is -2.22. The van der Waals surface area contributed by atoms with Crippen molar-refractivity contribution < 1.29 is 15.0 Å². The summed E-state index contributed by atoms with van der Waals surface area (Å²) in [6, 6.07) is 6.39. The van der Waals surface area contributed by atoms with E-state index in [1.807, 2.05) is 13.8 Å². The van der Waals surface area contributed by atoms with Crippen molar-refractivity contribution in [1.82, 2.24) is 25.1 Å². The van der Waals surface area contributed by atoms with E-state index in [1.54, 1.807) is 22.8 Å². The van der Waals surface area contributed by atoms with Gasteiger partial charge in [0.05, 0.1) is 17.4 Å². The van der Waals surface area contributed by atoms with Gasteiger partial charge in [0.15, 0.2) is 5.82 Å². The van der Waals surface area contributed by atoms with Crippen LogP contribution in [0.4, 0.5) is 5.82 Å². The van der Waals surface area contributed by atoms with Crippen LogP contribution < -0.4 is 11.1 Å². The zero-order valence-electron chi connectivity index (χ0n) is 18.2. The Kier molecular flexibility index (Phi) is 5.98. The van der Waals surface area contributed by atoms with E-state index in [-0.39, 0.29) is 41.0 Å². The standard InChI is InChI=1S/C23H28N6O3/c1-13(2)16-10-17(19(31)11-18(16)30)21-27-28-22(23(32)26-14-6-4-3-5-7-14)29(21)15-8-9-20(24)25-12-15/h8-14,30-31H,3-7H2,1-2H3,(H2,24,25)(H,26,32). The molecule has 0 radical (unpaired) electrons. The highest BCUT2D eigenvalue weighted by atomic mass is 16.3. The first-order valence-corrected chi connectivity index (χ1v) is 10.9. The van der Waals surface area contributed by atoms with Gasteiger partial charge in [0.25, 0.3) is 5.91 Å². The minimum Gasteiger partial charge on any atom is -0.508 e. The molecule has 5 N–H and O–H groups in total. The van der Waals surface area contributed by atoms with Gasteiger partial charge in [-0.15, -0.1) is 10.2 Å². The quantitative estimate of drug-likeness (QED) is 0.480. The number of nitrogens with one attached hydrogen (secondary N) is 1. The van der Waals surface area contributed by atoms with Crippen LogP contribution in [0.3, 0.4) is 0 Å². The van der Waals surface area contributed by atoms with Gasteiger partial charge in [0.2, 0.25) is 5.82 Å². The maximum Gasteiger partial charge on any atom is 0.289 e. The summed E-state index contributed by atoms with van der Waals surface area (Å²) in [5.41, 5.74) is 7.28. The maximum absolute atomic E-state index is 13.2. The van der Waals surface area contributed by atoms with E-state index in [4.69, 9.17) is 5.73 Å². The molecular weight excluding hydrogens is 408 g/mol. The molecule has 0 aliphatic heterocycles. The first-order chi connectivity index (χ1) is 15.3. The lowest BCUT2D eigenvalue weighted by Crippen LogP contribution is -2.37. The Bertz CT molecular complexity index is 1120. The number of phenols is 2. The van der Waals surface area contributed by atoms with Gasteiger partial charge in [-0.05, 0) is 42.5 Å². The second-order valence-corrected chi connectivity index (χ2v) is 8.52. The summed E-state index contributed by atoms with van der Waals surface area (Å²) in [7, 11) is 0. The molecular formula is C23H28N6O3. The molecule has 2 aromatic heterocycles. The Morgan fingerprint density at radius 3 is 2.53 bits per heavy atom. The highest BCUT2D eigenvalue weighted by Gasteiger charge is 2.26. The van der Waals surface area contributed by atoms with Gasteiger partial charge in [-0.3, -0.25) is 9.36 Å². The van der Waals surface area contributed by atoms with E-state index in [2.05, 4.69) is 20.5 Å². The maximum atomic E-state index is 13.2. The van der Waals surface area contributed by atoms with Gasteiger partial charge in [-0.1, -0.05) is 33.1 Å². The van der Waals surface area contributed by atoms with Crippen LogP contribution in [-0.4, -0.2) is 41.9 Å². The Labute approximate surface area is 186 Å². The van der Waals surface area contributed by atoms with Gasteiger partial charge < -0.3 is 21.3 Å². The van der Waals surface area contributed by atoms with Crippen LogP contribution in [-0.2, 0) is 0 Å². The summed E-state index contributed by atoms with van der Waals surface area (Å²) in [6.45, 7) is 3.88. The zero-order chi connectivity index (χ0) is 22.8. The Morgan fingerprint density at radius 1 is 1.12 bits per heavy atom. The van der Waals surface area contributed by atoms with Crippen molar-refractivity contribution in [1.29, 1.82) is 0 Å². The van der Waals surface area contributed by atoms with Crippen molar-refractivity contribution in [2.45, 2.75) is 57.9 Å². The van der Waals surface area contributed by atoms with Gasteiger partial charge in [0, 0.05) is 12.1 Å². The first-order valence-electron chi connectivity index (χ1n) is 10.9. The van der Waals surface area contributed by atoms with Gasteiger partial charge in [-0.2, -0.15) is 0 Å². The van der Waals surface area contributed by atoms with Crippen molar-refractivity contribution >= 4 is 11.7 Å². The molecule has 168 valence electrons. The highest BCUT2D eigenvalue weighted by molar-refractivity contribution is 5.92. The van der Waals surface area contributed by atoms with Crippen LogP contribution in [0.2, 0.25) is 0 Å². The molecule has 4 rings (SSSR count). The average Bonchev–Trinajstić information content (AvgIpc) is 3.20. The van der Waals surface area contributed by atoms with E-state index in [9.17, 15) is 15.0 Å². The first kappa shape index (κ1) is 21.6. The fourth-order valence-electron chi connectivity index (χ4n) is 4.11. The molecule has 0 unspecified atom stereocenters. The van der Waals surface area contributed by atoms with Gasteiger partial charge >= 0.3 is 0 Å². The number of carbonyl (C=O) groups is 1. The van der Waals surface area contributed by atoms with Gasteiger partial charge in [0.1, 0.15) is 17.3 Å². The Balaban J connectivity index is 1.82. The third kappa shape index (κ3) is 4.23. The molecule has 3 aromatic rings. The summed E-state index contributed by atoms with van der Waals surface area (Å²) in [6.07, 6.45) is 6.76. The predicted molar refractivity (Wildman–Crippen MR) is 121 cm³/mol. The molecule has 9 heteroatoms. The molecule has 0 saturated heterocycles. The van der Waals surface area contributed by atoms with E-state index in [1.165, 1.54) is 18.7 Å². The fraction of sp³-hybridized carbons (Fsp3) is 0.391. The smallest absolute Gasteiger partial charge is 0.289 e. The number of anilines is 1. The SMILES string of the molecule is CC(C)c1cc(-c2nnc(C(=O)NC3CCCCC3)n2-c2ccc(N)nc2)c(O)cc1O. The number of aromatic nitrogens is 4. The van der Waals surface area contributed by atoms with E-state index >= 15 is 0 Å². The topological polar surface area (TPSA) is 139 Å². The number of benzene rings is 1. The van der Waals surface area contributed by atoms with E-state index in [0.717, 1.165) is 25.7 Å². The van der Waals surface area contributed by atoms with Crippen molar-refractivity contribution in [3.63, 3.8) is 0 Å². The normalized spacial score (nSPS) is 14.6. The lowest BCUT2D eigenvalue weighted by atomic mass is 9.95. The fourth-order valence-corrected chi connectivity index (χ4v) is 4.11. The number of aromatic hydroxyl groups is 2. The minimum atomic E-state index is -0.338. The van der Waals surface area contributed by atoms with Crippen molar-refractivity contribution in [2.24, 2.45) is 0 Å². The van der Waals surface area contributed by atoms with Crippen LogP contribution in [0, 0.1) is 0 Å². The van der Waals surface area contributed by atoms with Gasteiger partial charge in [-0.25, -0.2) is 4.98 Å². The lowest BCUT2D eigenvalue weighted by molar-refractivity contribution is 0.0915. The van der Waals surface area contributed by atoms with Crippen LogP contribution in [0.1, 0.15) is 68.1 Å². The van der Waals surface area contributed by atoms with Crippen LogP contribution in [0.5, 0.6) is 11.5 Å². The molecule has 1 aromatic carbocycles. The summed E-state index contributed by atoms with van der Waals surface area (Å²) in [5, 5.41) is 32.3. The number of phenolic OH excluding ortho intramolecular Hbond substituents is 2. The average molecular weight is 437 g/mol. The predicted octanol–water partition coefficient (Wildman–Crippen LogP) is 3.51. The molecule has 0 spiro atoms. The largest absolute Gasteiger partial charge is 0.508 e. The molecule has 1 aliphatic rings. The second kappa shape index (κ2) is 8.86. The molecule has 1 saturated carbocycles. The molecule has 9 nitrogen and oxygen atoms in total. The molecule has 0 bridgehead atoms. The zero-order valence-corrected chi connectivity index (χ0v) is 18.2. The molecule has 0 atom stereocenters. The summed E-state index contributed by atoms with van der Waals surface area (Å²) in [4.78, 5) is 17.3. The number of rotatable bonds is 5. The number of pyridine rings is 1. The Hall–Kier alpha value is -3.62. The number of nitrogen functional groups attached to an aromatic ring is 1. The minimum absolute atomic E-state index is 0.00303. The third-order valence-corrected chi connectivity index (χ3v) is 5.84. The monoisotopic (exact) mass is 436 g/mol. The van der Waals surface area contributed by atoms with Crippen LogP contribution in [0.15, 0.2) is 30.5 Å². The van der Waals surface area contributed by atoms with Crippen molar-refractivity contribution in [3.05, 3.63) is 41.9 Å². The molecule has 1 amide bonds. The van der Waals surface area contributed by atoms with E-state index in [0.29, 0.717) is 22.6 Å².